The van der Waals surface area contributed by atoms with Crippen LogP contribution in [0.2, 0.25) is 0 Å². The Balaban J connectivity index is 5.26. The molecule has 0 aliphatic carbocycles. The minimum atomic E-state index is -4.95. The van der Waals surface area contributed by atoms with Crippen molar-refractivity contribution in [1.29, 1.82) is 0 Å². The molecule has 0 bridgehead atoms. The molecule has 3 N–H and O–H groups in total. The third kappa shape index (κ3) is 63.5. The number of unbranched alkanes of at least 4 members (excludes halogenated alkanes) is 33. The van der Waals surface area contributed by atoms with Crippen LogP contribution >= 0.6 is 15.6 Å². The van der Waals surface area contributed by atoms with E-state index in [0.29, 0.717) is 25.7 Å². The lowest BCUT2D eigenvalue weighted by Crippen LogP contribution is -2.30. The van der Waals surface area contributed by atoms with Gasteiger partial charge in [-0.15, -0.1) is 0 Å². The Morgan fingerprint density at radius 1 is 0.311 bits per heavy atom. The fraction of sp³-hybridized carbons (Fsp3) is 0.944. The van der Waals surface area contributed by atoms with Gasteiger partial charge in [0, 0.05) is 25.7 Å². The maximum absolute atomic E-state index is 13.0. The molecule has 534 valence electrons. The predicted octanol–water partition coefficient (Wildman–Crippen LogP) is 20.1. The molecule has 0 rings (SSSR count). The second-order valence-corrected chi connectivity index (χ2v) is 30.2. The van der Waals surface area contributed by atoms with Gasteiger partial charge in [0.2, 0.25) is 0 Å². The van der Waals surface area contributed by atoms with Crippen molar-refractivity contribution < 1.29 is 80.2 Å². The van der Waals surface area contributed by atoms with Crippen molar-refractivity contribution in [3.63, 3.8) is 0 Å². The van der Waals surface area contributed by atoms with Crippen LogP contribution in [0.15, 0.2) is 0 Å². The minimum Gasteiger partial charge on any atom is -0.462 e. The lowest BCUT2D eigenvalue weighted by atomic mass is 10.00. The van der Waals surface area contributed by atoms with Crippen LogP contribution in [-0.4, -0.2) is 96.7 Å². The first kappa shape index (κ1) is 88.1. The van der Waals surface area contributed by atoms with Gasteiger partial charge in [-0.3, -0.25) is 37.3 Å². The third-order valence-electron chi connectivity index (χ3n) is 16.7. The van der Waals surface area contributed by atoms with Gasteiger partial charge in [-0.2, -0.15) is 0 Å². The van der Waals surface area contributed by atoms with E-state index in [1.807, 2.05) is 0 Å². The molecule has 0 radical (unpaired) electrons. The summed E-state index contributed by atoms with van der Waals surface area (Å²) in [6.45, 7) is 14.1. The van der Waals surface area contributed by atoms with Gasteiger partial charge in [-0.1, -0.05) is 299 Å². The highest BCUT2D eigenvalue weighted by Crippen LogP contribution is 2.45. The maximum atomic E-state index is 13.0. The van der Waals surface area contributed by atoms with Crippen molar-refractivity contribution in [1.82, 2.24) is 0 Å². The van der Waals surface area contributed by atoms with Crippen molar-refractivity contribution in [2.75, 3.05) is 39.6 Å². The Morgan fingerprint density at radius 3 is 0.789 bits per heavy atom. The summed E-state index contributed by atoms with van der Waals surface area (Å²) in [4.78, 5) is 72.6. The summed E-state index contributed by atoms with van der Waals surface area (Å²) in [6, 6.07) is 0. The number of aliphatic hydroxyl groups is 1. The molecule has 0 saturated heterocycles. The molecule has 0 aromatic carbocycles. The van der Waals surface area contributed by atoms with Gasteiger partial charge in [0.1, 0.15) is 19.3 Å². The fourth-order valence-electron chi connectivity index (χ4n) is 10.6. The molecule has 0 amide bonds. The van der Waals surface area contributed by atoms with Gasteiger partial charge in [0.15, 0.2) is 12.2 Å². The lowest BCUT2D eigenvalue weighted by Gasteiger charge is -2.21. The zero-order valence-electron chi connectivity index (χ0n) is 58.8. The summed E-state index contributed by atoms with van der Waals surface area (Å²) in [6.07, 6.45) is 43.1. The van der Waals surface area contributed by atoms with Crippen molar-refractivity contribution in [2.24, 2.45) is 23.7 Å². The number of ether oxygens (including phenoxy) is 4. The lowest BCUT2D eigenvalue weighted by molar-refractivity contribution is -0.161. The van der Waals surface area contributed by atoms with Gasteiger partial charge < -0.3 is 33.8 Å². The first-order chi connectivity index (χ1) is 43.1. The molecule has 90 heavy (non-hydrogen) atoms. The number of aliphatic hydroxyl groups excluding tert-OH is 1. The van der Waals surface area contributed by atoms with E-state index in [4.69, 9.17) is 37.0 Å². The standard InChI is InChI=1S/C71H138O17P2/c1-9-64(8)50-42-34-29-30-36-44-52-69(74)82-58-67(88-71(76)54-46-38-28-22-16-19-25-33-41-49-63(6)7)60-86-90(79,80)84-56-65(72)55-83-89(77,78)85-59-66(87-70(75)53-45-37-27-21-15-14-18-24-32-40-48-62(4)5)57-81-68(73)51-43-35-26-20-13-11-10-12-17-23-31-39-47-61(2)3/h61-67,72H,9-60H2,1-8H3,(H,77,78)(H,79,80)/t64?,65-,66-,67-/m1/s1. The van der Waals surface area contributed by atoms with Crippen LogP contribution in [0.25, 0.3) is 0 Å². The van der Waals surface area contributed by atoms with Crippen LogP contribution in [0.1, 0.15) is 351 Å². The Bertz CT molecular complexity index is 1780. The fourth-order valence-corrected chi connectivity index (χ4v) is 12.2. The molecular formula is C71H138O17P2. The number of carbonyl (C=O) groups is 4. The highest BCUT2D eigenvalue weighted by Gasteiger charge is 2.30. The molecule has 0 fully saturated rings. The second-order valence-electron chi connectivity index (χ2n) is 27.3. The van der Waals surface area contributed by atoms with Crippen LogP contribution < -0.4 is 0 Å². The second kappa shape index (κ2) is 60.7. The van der Waals surface area contributed by atoms with Crippen LogP contribution in [0, 0.1) is 23.7 Å². The first-order valence-electron chi connectivity index (χ1n) is 36.7. The molecule has 6 atom stereocenters. The molecule has 0 spiro atoms. The number of phosphoric ester groups is 2. The van der Waals surface area contributed by atoms with Crippen LogP contribution in [0.3, 0.4) is 0 Å². The SMILES string of the molecule is CCC(C)CCCCCCCCC(=O)OC[C@H](COP(=O)(O)OC[C@H](O)COP(=O)(O)OC[C@@H](COC(=O)CCCCCCCCCCCCCCC(C)C)OC(=O)CCCCCCCCCCCCC(C)C)OC(=O)CCCCCCCCCCCC(C)C. The van der Waals surface area contributed by atoms with E-state index in [9.17, 15) is 43.2 Å². The van der Waals surface area contributed by atoms with Gasteiger partial charge >= 0.3 is 39.5 Å². The van der Waals surface area contributed by atoms with Gasteiger partial charge in [-0.05, 0) is 49.4 Å². The number of hydrogen-bond acceptors (Lipinski definition) is 15. The molecule has 0 saturated carbocycles. The molecule has 0 heterocycles. The van der Waals surface area contributed by atoms with E-state index in [1.165, 1.54) is 148 Å². The normalized spacial score (nSPS) is 14.6. The number of phosphoric acid groups is 2. The smallest absolute Gasteiger partial charge is 0.462 e. The monoisotopic (exact) mass is 1320 g/mol. The van der Waals surface area contributed by atoms with Crippen LogP contribution in [0.5, 0.6) is 0 Å². The zero-order valence-corrected chi connectivity index (χ0v) is 60.6. The summed E-state index contributed by atoms with van der Waals surface area (Å²) in [5, 5.41) is 10.6. The van der Waals surface area contributed by atoms with Crippen molar-refractivity contribution in [3.05, 3.63) is 0 Å². The van der Waals surface area contributed by atoms with Crippen LogP contribution in [-0.2, 0) is 65.4 Å². The molecule has 17 nitrogen and oxygen atoms in total. The summed E-state index contributed by atoms with van der Waals surface area (Å²) in [5.74, 6) is 0.872. The van der Waals surface area contributed by atoms with Gasteiger partial charge in [-0.25, -0.2) is 9.13 Å². The molecule has 0 aromatic rings. The number of rotatable bonds is 68. The van der Waals surface area contributed by atoms with E-state index in [2.05, 4.69) is 55.4 Å². The van der Waals surface area contributed by atoms with E-state index >= 15 is 0 Å². The van der Waals surface area contributed by atoms with Crippen molar-refractivity contribution in [2.45, 2.75) is 369 Å². The van der Waals surface area contributed by atoms with E-state index < -0.39 is 97.5 Å². The molecular weight excluding hydrogens is 1190 g/mol. The Hall–Kier alpha value is -1.94. The Morgan fingerprint density at radius 2 is 0.533 bits per heavy atom. The average molecular weight is 1330 g/mol. The third-order valence-corrected chi connectivity index (χ3v) is 18.6. The highest BCUT2D eigenvalue weighted by atomic mass is 31.2. The first-order valence-corrected chi connectivity index (χ1v) is 39.7. The highest BCUT2D eigenvalue weighted by molar-refractivity contribution is 7.47. The predicted molar refractivity (Wildman–Crippen MR) is 363 cm³/mol. The summed E-state index contributed by atoms with van der Waals surface area (Å²) in [5.41, 5.74) is 0. The quantitative estimate of drug-likeness (QED) is 0.0222. The molecule has 19 heteroatoms. The van der Waals surface area contributed by atoms with Gasteiger partial charge in [0.25, 0.3) is 0 Å². The number of hydrogen-bond donors (Lipinski definition) is 3. The largest absolute Gasteiger partial charge is 0.472 e. The number of carbonyl (C=O) groups excluding carboxylic acids is 4. The topological polar surface area (TPSA) is 237 Å². The van der Waals surface area contributed by atoms with E-state index in [1.54, 1.807) is 0 Å². The van der Waals surface area contributed by atoms with Crippen LogP contribution in [0.4, 0.5) is 0 Å². The van der Waals surface area contributed by atoms with Crippen molar-refractivity contribution in [3.8, 4) is 0 Å². The summed E-state index contributed by atoms with van der Waals surface area (Å²) < 4.78 is 68.3. The Kier molecular flexibility index (Phi) is 59.4. The maximum Gasteiger partial charge on any atom is 0.472 e. The average Bonchev–Trinajstić information content (AvgIpc) is 3.70. The Labute approximate surface area is 549 Å². The molecule has 0 aliphatic rings. The summed E-state index contributed by atoms with van der Waals surface area (Å²) >= 11 is 0. The summed E-state index contributed by atoms with van der Waals surface area (Å²) in [7, 11) is -9.90. The molecule has 3 unspecified atom stereocenters. The minimum absolute atomic E-state index is 0.104. The molecule has 0 aliphatic heterocycles. The van der Waals surface area contributed by atoms with Gasteiger partial charge in [0.05, 0.1) is 26.4 Å². The molecule has 0 aromatic heterocycles. The zero-order chi connectivity index (χ0) is 66.8. The van der Waals surface area contributed by atoms with E-state index in [-0.39, 0.29) is 25.7 Å². The number of esters is 4. The van der Waals surface area contributed by atoms with Crippen molar-refractivity contribution >= 4 is 39.5 Å². The van der Waals surface area contributed by atoms with E-state index in [0.717, 1.165) is 120 Å².